The maximum atomic E-state index is 11.9. The van der Waals surface area contributed by atoms with E-state index in [0.29, 0.717) is 6.42 Å². The third-order valence-electron chi connectivity index (χ3n) is 3.52. The van der Waals surface area contributed by atoms with Gasteiger partial charge < -0.3 is 5.32 Å². The van der Waals surface area contributed by atoms with Gasteiger partial charge in [0.15, 0.2) is 0 Å². The summed E-state index contributed by atoms with van der Waals surface area (Å²) in [6.07, 6.45) is 4.22. The first kappa shape index (κ1) is 14.8. The van der Waals surface area contributed by atoms with Crippen molar-refractivity contribution in [2.75, 3.05) is 13.1 Å². The Bertz CT molecular complexity index is 186. The van der Waals surface area contributed by atoms with Crippen LogP contribution in [-0.4, -0.2) is 19.3 Å². The zero-order chi connectivity index (χ0) is 12.6. The van der Waals surface area contributed by atoms with Crippen LogP contribution >= 0.6 is 0 Å². The van der Waals surface area contributed by atoms with E-state index in [0.717, 1.165) is 19.0 Å². The SMILES string of the molecule is FC(F)(F)CCCCNCCC1CCCCC1. The van der Waals surface area contributed by atoms with Crippen molar-refractivity contribution in [1.82, 2.24) is 5.32 Å². The fourth-order valence-electron chi connectivity index (χ4n) is 2.48. The van der Waals surface area contributed by atoms with Gasteiger partial charge in [-0.15, -0.1) is 0 Å². The number of rotatable bonds is 7. The van der Waals surface area contributed by atoms with E-state index < -0.39 is 12.6 Å². The van der Waals surface area contributed by atoms with Crippen molar-refractivity contribution < 1.29 is 13.2 Å². The maximum absolute atomic E-state index is 11.9. The van der Waals surface area contributed by atoms with Gasteiger partial charge in [-0.05, 0) is 38.3 Å². The Balaban J connectivity index is 1.84. The first-order chi connectivity index (χ1) is 8.08. The molecule has 0 atom stereocenters. The second-order valence-electron chi connectivity index (χ2n) is 5.11. The minimum Gasteiger partial charge on any atom is -0.317 e. The molecule has 0 aromatic carbocycles. The molecule has 0 unspecified atom stereocenters. The van der Waals surface area contributed by atoms with Gasteiger partial charge in [0.05, 0.1) is 0 Å². The second-order valence-corrected chi connectivity index (χ2v) is 5.11. The Labute approximate surface area is 102 Å². The lowest BCUT2D eigenvalue weighted by Gasteiger charge is -2.21. The van der Waals surface area contributed by atoms with Crippen molar-refractivity contribution >= 4 is 0 Å². The van der Waals surface area contributed by atoms with E-state index in [4.69, 9.17) is 0 Å². The third-order valence-corrected chi connectivity index (χ3v) is 3.52. The van der Waals surface area contributed by atoms with Gasteiger partial charge in [0.25, 0.3) is 0 Å². The van der Waals surface area contributed by atoms with Gasteiger partial charge in [-0.3, -0.25) is 0 Å². The van der Waals surface area contributed by atoms with Crippen LogP contribution in [0.25, 0.3) is 0 Å². The number of nitrogens with one attached hydrogen (secondary N) is 1. The Morgan fingerprint density at radius 2 is 1.65 bits per heavy atom. The summed E-state index contributed by atoms with van der Waals surface area (Å²) in [4.78, 5) is 0. The van der Waals surface area contributed by atoms with Crippen molar-refractivity contribution in [3.63, 3.8) is 0 Å². The van der Waals surface area contributed by atoms with Crippen LogP contribution in [0.2, 0.25) is 0 Å². The number of hydrogen-bond donors (Lipinski definition) is 1. The van der Waals surface area contributed by atoms with Crippen molar-refractivity contribution in [2.45, 2.75) is 64.0 Å². The standard InChI is InChI=1S/C13H24F3N/c14-13(15,16)9-4-5-10-17-11-8-12-6-2-1-3-7-12/h12,17H,1-11H2. The van der Waals surface area contributed by atoms with Crippen LogP contribution in [0.4, 0.5) is 13.2 Å². The summed E-state index contributed by atoms with van der Waals surface area (Å²) in [6, 6.07) is 0. The van der Waals surface area contributed by atoms with Crippen LogP contribution in [0.3, 0.4) is 0 Å². The molecule has 0 saturated heterocycles. The molecule has 0 aromatic rings. The van der Waals surface area contributed by atoms with Crippen LogP contribution in [0.1, 0.15) is 57.8 Å². The first-order valence-corrected chi connectivity index (χ1v) is 6.85. The van der Waals surface area contributed by atoms with Crippen LogP contribution in [0.15, 0.2) is 0 Å². The molecule has 1 aliphatic rings. The molecular weight excluding hydrogens is 227 g/mol. The fourth-order valence-corrected chi connectivity index (χ4v) is 2.48. The molecule has 0 heterocycles. The number of halogens is 3. The van der Waals surface area contributed by atoms with Crippen LogP contribution in [0, 0.1) is 5.92 Å². The van der Waals surface area contributed by atoms with Gasteiger partial charge in [-0.25, -0.2) is 0 Å². The van der Waals surface area contributed by atoms with Gasteiger partial charge in [-0.1, -0.05) is 32.1 Å². The molecule has 4 heteroatoms. The lowest BCUT2D eigenvalue weighted by molar-refractivity contribution is -0.135. The van der Waals surface area contributed by atoms with E-state index in [1.165, 1.54) is 38.5 Å². The molecule has 1 aliphatic carbocycles. The molecule has 1 rings (SSSR count). The minimum absolute atomic E-state index is 0.250. The highest BCUT2D eigenvalue weighted by atomic mass is 19.4. The largest absolute Gasteiger partial charge is 0.389 e. The van der Waals surface area contributed by atoms with Gasteiger partial charge in [0.2, 0.25) is 0 Å². The van der Waals surface area contributed by atoms with E-state index in [1.54, 1.807) is 0 Å². The Morgan fingerprint density at radius 1 is 0.941 bits per heavy atom. The Kier molecular flexibility index (Phi) is 6.93. The number of unbranched alkanes of at least 4 members (excludes halogenated alkanes) is 1. The summed E-state index contributed by atoms with van der Waals surface area (Å²) >= 11 is 0. The van der Waals surface area contributed by atoms with Gasteiger partial charge in [0.1, 0.15) is 0 Å². The fraction of sp³-hybridized carbons (Fsp3) is 1.00. The molecule has 102 valence electrons. The average molecular weight is 251 g/mol. The highest BCUT2D eigenvalue weighted by Crippen LogP contribution is 2.25. The summed E-state index contributed by atoms with van der Waals surface area (Å²) in [7, 11) is 0. The lowest BCUT2D eigenvalue weighted by atomic mass is 9.87. The van der Waals surface area contributed by atoms with Crippen molar-refractivity contribution in [3.05, 3.63) is 0 Å². The molecule has 1 saturated carbocycles. The third kappa shape index (κ3) is 8.47. The van der Waals surface area contributed by atoms with Gasteiger partial charge in [0, 0.05) is 6.42 Å². The molecule has 17 heavy (non-hydrogen) atoms. The van der Waals surface area contributed by atoms with Crippen molar-refractivity contribution in [3.8, 4) is 0 Å². The van der Waals surface area contributed by atoms with Crippen molar-refractivity contribution in [2.24, 2.45) is 5.92 Å². The summed E-state index contributed by atoms with van der Waals surface area (Å²) in [5.41, 5.74) is 0. The van der Waals surface area contributed by atoms with E-state index in [2.05, 4.69) is 5.32 Å². The summed E-state index contributed by atoms with van der Waals surface area (Å²) in [6.45, 7) is 1.69. The summed E-state index contributed by atoms with van der Waals surface area (Å²) in [5, 5.41) is 3.25. The van der Waals surface area contributed by atoms with Crippen molar-refractivity contribution in [1.29, 1.82) is 0 Å². The molecule has 0 bridgehead atoms. The second kappa shape index (κ2) is 7.96. The predicted molar refractivity (Wildman–Crippen MR) is 64.0 cm³/mol. The molecule has 0 radical (unpaired) electrons. The Hall–Kier alpha value is -0.250. The molecule has 0 spiro atoms. The quantitative estimate of drug-likeness (QED) is 0.666. The molecule has 1 N–H and O–H groups in total. The molecule has 0 amide bonds. The van der Waals surface area contributed by atoms with E-state index in [1.807, 2.05) is 0 Å². The lowest BCUT2D eigenvalue weighted by Crippen LogP contribution is -2.20. The summed E-state index contributed by atoms with van der Waals surface area (Å²) in [5.74, 6) is 0.853. The topological polar surface area (TPSA) is 12.0 Å². The average Bonchev–Trinajstić information content (AvgIpc) is 2.28. The van der Waals surface area contributed by atoms with Crippen LogP contribution in [0.5, 0.6) is 0 Å². The molecule has 0 aromatic heterocycles. The molecule has 1 nitrogen and oxygen atoms in total. The minimum atomic E-state index is -3.98. The predicted octanol–water partition coefficient (Wildman–Crippen LogP) is 4.28. The maximum Gasteiger partial charge on any atom is 0.389 e. The monoisotopic (exact) mass is 251 g/mol. The Morgan fingerprint density at radius 3 is 2.29 bits per heavy atom. The van der Waals surface area contributed by atoms with E-state index in [9.17, 15) is 13.2 Å². The molecular formula is C13H24F3N. The number of hydrogen-bond acceptors (Lipinski definition) is 1. The zero-order valence-electron chi connectivity index (χ0n) is 10.5. The van der Waals surface area contributed by atoms with Crippen LogP contribution < -0.4 is 5.32 Å². The molecule has 0 aliphatic heterocycles. The smallest absolute Gasteiger partial charge is 0.317 e. The normalized spacial score (nSPS) is 18.5. The van der Waals surface area contributed by atoms with E-state index in [-0.39, 0.29) is 6.42 Å². The summed E-state index contributed by atoms with van der Waals surface area (Å²) < 4.78 is 35.6. The molecule has 1 fully saturated rings. The highest BCUT2D eigenvalue weighted by molar-refractivity contribution is 4.66. The first-order valence-electron chi connectivity index (χ1n) is 6.85. The number of alkyl halides is 3. The van der Waals surface area contributed by atoms with Gasteiger partial charge >= 0.3 is 6.18 Å². The van der Waals surface area contributed by atoms with Gasteiger partial charge in [-0.2, -0.15) is 13.2 Å². The highest BCUT2D eigenvalue weighted by Gasteiger charge is 2.25. The zero-order valence-corrected chi connectivity index (χ0v) is 10.5. The van der Waals surface area contributed by atoms with E-state index >= 15 is 0 Å². The van der Waals surface area contributed by atoms with Crippen LogP contribution in [-0.2, 0) is 0 Å².